The van der Waals surface area contributed by atoms with Crippen LogP contribution in [0.3, 0.4) is 0 Å². The van der Waals surface area contributed by atoms with Crippen LogP contribution in [0.15, 0.2) is 0 Å². The summed E-state index contributed by atoms with van der Waals surface area (Å²) in [7, 11) is 0. The van der Waals surface area contributed by atoms with E-state index in [1.54, 1.807) is 0 Å². The van der Waals surface area contributed by atoms with E-state index in [1.807, 2.05) is 0 Å². The molecule has 0 aromatic rings. The van der Waals surface area contributed by atoms with E-state index in [0.717, 1.165) is 19.6 Å². The average Bonchev–Trinajstić information content (AvgIpc) is 1.83. The van der Waals surface area contributed by atoms with E-state index in [2.05, 4.69) is 19.2 Å². The predicted octanol–water partition coefficient (Wildman–Crippen LogP) is 0.191. The van der Waals surface area contributed by atoms with Crippen molar-refractivity contribution in [3.8, 4) is 0 Å². The first-order valence-corrected chi connectivity index (χ1v) is 3.22. The second kappa shape index (κ2) is 5.06. The topological polar surface area (TPSA) is 38.0 Å². The van der Waals surface area contributed by atoms with Gasteiger partial charge in [0.15, 0.2) is 0 Å². The lowest BCUT2D eigenvalue weighted by atomic mass is 10.2. The second-order valence-electron chi connectivity index (χ2n) is 2.15. The zero-order chi connectivity index (χ0) is 6.41. The molecule has 1 atom stereocenters. The molecule has 2 heteroatoms. The van der Waals surface area contributed by atoms with Crippen molar-refractivity contribution in [2.24, 2.45) is 11.7 Å². The Labute approximate surface area is 51.5 Å². The highest BCUT2D eigenvalue weighted by Crippen LogP contribution is 1.84. The molecule has 0 heterocycles. The largest absolute Gasteiger partial charge is 0.330 e. The van der Waals surface area contributed by atoms with Gasteiger partial charge in [0.05, 0.1) is 0 Å². The van der Waals surface area contributed by atoms with Gasteiger partial charge in [0, 0.05) is 0 Å². The summed E-state index contributed by atoms with van der Waals surface area (Å²) in [5.41, 5.74) is 5.37. The Morgan fingerprint density at radius 1 is 1.62 bits per heavy atom. The van der Waals surface area contributed by atoms with E-state index in [4.69, 9.17) is 5.73 Å². The third-order valence-electron chi connectivity index (χ3n) is 1.15. The van der Waals surface area contributed by atoms with Gasteiger partial charge in [-0.25, -0.2) is 0 Å². The Bertz CT molecular complexity index is 45.8. The van der Waals surface area contributed by atoms with Crippen LogP contribution in [0.5, 0.6) is 0 Å². The monoisotopic (exact) mass is 116 g/mol. The van der Waals surface area contributed by atoms with Gasteiger partial charge in [-0.1, -0.05) is 13.8 Å². The van der Waals surface area contributed by atoms with Crippen molar-refractivity contribution in [3.05, 3.63) is 0 Å². The van der Waals surface area contributed by atoms with Gasteiger partial charge in [-0.3, -0.25) is 0 Å². The summed E-state index contributed by atoms with van der Waals surface area (Å²) in [5, 5.41) is 3.22. The Kier molecular flexibility index (Phi) is 5.01. The van der Waals surface area contributed by atoms with Gasteiger partial charge >= 0.3 is 0 Å². The molecule has 3 N–H and O–H groups in total. The number of nitrogens with two attached hydrogens (primary N) is 1. The molecule has 2 nitrogen and oxygen atoms in total. The molecular formula is C6H16N2. The zero-order valence-corrected chi connectivity index (χ0v) is 5.78. The van der Waals surface area contributed by atoms with Crippen molar-refractivity contribution in [2.45, 2.75) is 13.8 Å². The van der Waals surface area contributed by atoms with Crippen LogP contribution in [0, 0.1) is 5.92 Å². The molecule has 0 unspecified atom stereocenters. The van der Waals surface area contributed by atoms with Gasteiger partial charge in [-0.2, -0.15) is 0 Å². The lowest BCUT2D eigenvalue weighted by Crippen LogP contribution is -2.25. The van der Waals surface area contributed by atoms with Gasteiger partial charge in [-0.05, 0) is 25.6 Å². The summed E-state index contributed by atoms with van der Waals surface area (Å²) in [4.78, 5) is 0. The van der Waals surface area contributed by atoms with Crippen molar-refractivity contribution in [3.63, 3.8) is 0 Å². The van der Waals surface area contributed by atoms with Crippen molar-refractivity contribution in [1.82, 2.24) is 5.32 Å². The maximum atomic E-state index is 5.37. The average molecular weight is 116 g/mol. The number of hydrogen-bond donors (Lipinski definition) is 2. The molecule has 0 rings (SSSR count). The summed E-state index contributed by atoms with van der Waals surface area (Å²) in [6, 6.07) is 0. The molecule has 0 amide bonds. The molecule has 0 saturated carbocycles. The Hall–Kier alpha value is -0.0800. The predicted molar refractivity (Wildman–Crippen MR) is 36.8 cm³/mol. The Morgan fingerprint density at radius 2 is 2.25 bits per heavy atom. The van der Waals surface area contributed by atoms with Crippen molar-refractivity contribution in [1.29, 1.82) is 0 Å². The van der Waals surface area contributed by atoms with Crippen LogP contribution in [0.2, 0.25) is 0 Å². The molecule has 0 aliphatic heterocycles. The molecule has 0 aromatic heterocycles. The highest BCUT2D eigenvalue weighted by molar-refractivity contribution is 4.54. The molecule has 0 aliphatic rings. The first-order chi connectivity index (χ1) is 3.81. The van der Waals surface area contributed by atoms with Crippen LogP contribution in [-0.2, 0) is 0 Å². The maximum Gasteiger partial charge on any atom is -0.00112 e. The van der Waals surface area contributed by atoms with Crippen LogP contribution < -0.4 is 11.1 Å². The van der Waals surface area contributed by atoms with Crippen LogP contribution >= 0.6 is 0 Å². The molecule has 0 aliphatic carbocycles. The first-order valence-electron chi connectivity index (χ1n) is 3.22. The fourth-order valence-corrected chi connectivity index (χ4v) is 0.474. The minimum Gasteiger partial charge on any atom is -0.330 e. The van der Waals surface area contributed by atoms with Crippen molar-refractivity contribution in [2.75, 3.05) is 19.6 Å². The summed E-state index contributed by atoms with van der Waals surface area (Å²) < 4.78 is 0. The van der Waals surface area contributed by atoms with E-state index in [9.17, 15) is 0 Å². The minimum atomic E-state index is 0.620. The van der Waals surface area contributed by atoms with Crippen molar-refractivity contribution < 1.29 is 0 Å². The standard InChI is InChI=1S/C6H16N2/c1-3-8-5-6(2)4-7/h6,8H,3-5,7H2,1-2H3/t6-/m1/s1. The lowest BCUT2D eigenvalue weighted by molar-refractivity contribution is 0.533. The normalized spacial score (nSPS) is 13.9. The van der Waals surface area contributed by atoms with Gasteiger partial charge in [-0.15, -0.1) is 0 Å². The third-order valence-corrected chi connectivity index (χ3v) is 1.15. The van der Waals surface area contributed by atoms with E-state index < -0.39 is 0 Å². The van der Waals surface area contributed by atoms with Crippen LogP contribution in [0.25, 0.3) is 0 Å². The summed E-state index contributed by atoms with van der Waals surface area (Å²) in [5.74, 6) is 0.620. The van der Waals surface area contributed by atoms with Gasteiger partial charge in [0.25, 0.3) is 0 Å². The zero-order valence-electron chi connectivity index (χ0n) is 5.78. The molecule has 50 valence electrons. The van der Waals surface area contributed by atoms with Crippen LogP contribution in [0.4, 0.5) is 0 Å². The molecule has 0 saturated heterocycles. The van der Waals surface area contributed by atoms with E-state index >= 15 is 0 Å². The molecule has 0 radical (unpaired) electrons. The second-order valence-corrected chi connectivity index (χ2v) is 2.15. The van der Waals surface area contributed by atoms with Crippen LogP contribution in [0.1, 0.15) is 13.8 Å². The summed E-state index contributed by atoms with van der Waals surface area (Å²) in [6.07, 6.45) is 0. The first kappa shape index (κ1) is 7.92. The number of hydrogen-bond acceptors (Lipinski definition) is 2. The Balaban J connectivity index is 2.86. The highest BCUT2D eigenvalue weighted by atomic mass is 14.8. The quantitative estimate of drug-likeness (QED) is 0.550. The Morgan fingerprint density at radius 3 is 2.62 bits per heavy atom. The molecule has 0 bridgehead atoms. The minimum absolute atomic E-state index is 0.620. The van der Waals surface area contributed by atoms with E-state index in [1.165, 1.54) is 0 Å². The van der Waals surface area contributed by atoms with Gasteiger partial charge < -0.3 is 11.1 Å². The SMILES string of the molecule is CCNC[C@H](C)CN. The smallest absolute Gasteiger partial charge is 0.00112 e. The highest BCUT2D eigenvalue weighted by Gasteiger charge is 1.93. The summed E-state index contributed by atoms with van der Waals surface area (Å²) in [6.45, 7) is 7.12. The fraction of sp³-hybridized carbons (Fsp3) is 1.00. The third kappa shape index (κ3) is 4.09. The molecule has 8 heavy (non-hydrogen) atoms. The lowest BCUT2D eigenvalue weighted by Gasteiger charge is -2.06. The van der Waals surface area contributed by atoms with E-state index in [0.29, 0.717) is 5.92 Å². The van der Waals surface area contributed by atoms with Gasteiger partial charge in [0.2, 0.25) is 0 Å². The van der Waals surface area contributed by atoms with Crippen LogP contribution in [-0.4, -0.2) is 19.6 Å². The number of nitrogens with one attached hydrogen (secondary N) is 1. The van der Waals surface area contributed by atoms with E-state index in [-0.39, 0.29) is 0 Å². The summed E-state index contributed by atoms with van der Waals surface area (Å²) >= 11 is 0. The van der Waals surface area contributed by atoms with Gasteiger partial charge in [0.1, 0.15) is 0 Å². The molecular weight excluding hydrogens is 100 g/mol. The molecule has 0 spiro atoms. The molecule has 0 aromatic carbocycles. The van der Waals surface area contributed by atoms with Crippen molar-refractivity contribution >= 4 is 0 Å². The molecule has 0 fully saturated rings. The number of rotatable bonds is 4. The maximum absolute atomic E-state index is 5.37. The fourth-order valence-electron chi connectivity index (χ4n) is 0.474.